The number of nitriles is 1. The van der Waals surface area contributed by atoms with Crippen molar-refractivity contribution >= 4 is 39.9 Å². The van der Waals surface area contributed by atoms with Gasteiger partial charge in [0.1, 0.15) is 11.1 Å². The molecule has 0 amide bonds. The van der Waals surface area contributed by atoms with Crippen molar-refractivity contribution in [3.05, 3.63) is 81.5 Å². The summed E-state index contributed by atoms with van der Waals surface area (Å²) in [6.07, 6.45) is 3.60. The van der Waals surface area contributed by atoms with Crippen molar-refractivity contribution in [1.29, 1.82) is 5.26 Å². The number of nitrogens with zero attached hydrogens (tertiary/aromatic N) is 3. The average molecular weight is 362 g/mol. The first-order chi connectivity index (χ1) is 12.5. The van der Waals surface area contributed by atoms with E-state index in [2.05, 4.69) is 0 Å². The Morgan fingerprint density at radius 2 is 1.96 bits per heavy atom. The number of nitro benzene ring substituents is 1. The highest BCUT2D eigenvalue weighted by Gasteiger charge is 2.10. The van der Waals surface area contributed by atoms with Crippen molar-refractivity contribution in [2.75, 3.05) is 0 Å². The van der Waals surface area contributed by atoms with E-state index < -0.39 is 4.92 Å². The smallest absolute Gasteiger partial charge is 0.269 e. The summed E-state index contributed by atoms with van der Waals surface area (Å²) < 4.78 is 2.02. The van der Waals surface area contributed by atoms with Crippen molar-refractivity contribution in [3.63, 3.8) is 0 Å². The molecule has 0 atom stereocenters. The normalized spacial score (nSPS) is 11.3. The highest BCUT2D eigenvalue weighted by Crippen LogP contribution is 2.25. The number of nitrogens with two attached hydrogens (primary N) is 1. The second kappa shape index (κ2) is 7.17. The van der Waals surface area contributed by atoms with Gasteiger partial charge in [-0.25, -0.2) is 0 Å². The van der Waals surface area contributed by atoms with Gasteiger partial charge in [-0.1, -0.05) is 42.5 Å². The highest BCUT2D eigenvalue weighted by atomic mass is 32.1. The Bertz CT molecular complexity index is 1080. The quantitative estimate of drug-likeness (QED) is 0.245. The molecule has 0 saturated carbocycles. The van der Waals surface area contributed by atoms with Crippen LogP contribution in [0, 0.1) is 21.4 Å². The average Bonchev–Trinajstić information content (AvgIpc) is 2.97. The van der Waals surface area contributed by atoms with E-state index in [1.54, 1.807) is 18.2 Å². The van der Waals surface area contributed by atoms with Gasteiger partial charge in [0, 0.05) is 41.3 Å². The standard InChI is InChI=1S/C19H14N4O2S/c20-10-14(19(21)26)9-15-12-22(18-4-2-1-3-17(15)18)11-13-5-7-16(8-6-13)23(24)25/h1-9,12H,11H2,(H2,21,26)/b14-9-. The molecule has 0 radical (unpaired) electrons. The minimum atomic E-state index is -0.420. The molecule has 0 saturated heterocycles. The first-order valence-corrected chi connectivity index (χ1v) is 8.13. The third-order valence-electron chi connectivity index (χ3n) is 4.01. The number of thiocarbonyl (C=S) groups is 1. The van der Waals surface area contributed by atoms with Gasteiger partial charge in [-0.3, -0.25) is 10.1 Å². The molecule has 0 bridgehead atoms. The second-order valence-corrected chi connectivity index (χ2v) is 6.13. The van der Waals surface area contributed by atoms with E-state index in [1.807, 2.05) is 41.1 Å². The van der Waals surface area contributed by atoms with Crippen LogP contribution in [-0.2, 0) is 6.54 Å². The van der Waals surface area contributed by atoms with Crippen LogP contribution in [0.25, 0.3) is 17.0 Å². The van der Waals surface area contributed by atoms with Crippen LogP contribution in [0.3, 0.4) is 0 Å². The molecule has 0 aliphatic carbocycles. The fraction of sp³-hybridized carbons (Fsp3) is 0.0526. The summed E-state index contributed by atoms with van der Waals surface area (Å²) in [5, 5.41) is 20.9. The molecule has 2 N–H and O–H groups in total. The molecular formula is C19H14N4O2S. The van der Waals surface area contributed by atoms with Crippen LogP contribution in [0.15, 0.2) is 60.3 Å². The first kappa shape index (κ1) is 17.3. The number of nitro groups is 1. The van der Waals surface area contributed by atoms with Gasteiger partial charge < -0.3 is 10.3 Å². The molecule has 3 rings (SSSR count). The zero-order valence-electron chi connectivity index (χ0n) is 13.6. The second-order valence-electron chi connectivity index (χ2n) is 5.69. The fourth-order valence-electron chi connectivity index (χ4n) is 2.75. The molecule has 0 unspecified atom stereocenters. The van der Waals surface area contributed by atoms with E-state index in [-0.39, 0.29) is 16.2 Å². The molecule has 0 spiro atoms. The summed E-state index contributed by atoms with van der Waals surface area (Å²) >= 11 is 4.91. The predicted molar refractivity (Wildman–Crippen MR) is 105 cm³/mol. The van der Waals surface area contributed by atoms with Crippen molar-refractivity contribution < 1.29 is 4.92 Å². The van der Waals surface area contributed by atoms with Crippen LogP contribution in [0.2, 0.25) is 0 Å². The summed E-state index contributed by atoms with van der Waals surface area (Å²) in [5.74, 6) is 0. The number of rotatable bonds is 5. The van der Waals surface area contributed by atoms with E-state index in [0.29, 0.717) is 6.54 Å². The summed E-state index contributed by atoms with van der Waals surface area (Å²) in [6, 6.07) is 16.2. The molecule has 26 heavy (non-hydrogen) atoms. The van der Waals surface area contributed by atoms with Crippen LogP contribution in [0.4, 0.5) is 5.69 Å². The predicted octanol–water partition coefficient (Wildman–Crippen LogP) is 3.79. The van der Waals surface area contributed by atoms with Crippen LogP contribution >= 0.6 is 12.2 Å². The largest absolute Gasteiger partial charge is 0.389 e. The Morgan fingerprint density at radius 1 is 1.27 bits per heavy atom. The van der Waals surface area contributed by atoms with Crippen molar-refractivity contribution in [3.8, 4) is 6.07 Å². The number of non-ortho nitro benzene ring substituents is 1. The first-order valence-electron chi connectivity index (χ1n) is 7.72. The molecule has 3 aromatic rings. The van der Waals surface area contributed by atoms with Crippen LogP contribution in [-0.4, -0.2) is 14.5 Å². The van der Waals surface area contributed by atoms with E-state index in [1.165, 1.54) is 12.1 Å². The number of benzene rings is 2. The van der Waals surface area contributed by atoms with E-state index in [0.717, 1.165) is 22.0 Å². The van der Waals surface area contributed by atoms with Gasteiger partial charge in [-0.2, -0.15) is 5.26 Å². The maximum Gasteiger partial charge on any atom is 0.269 e. The third kappa shape index (κ3) is 3.45. The minimum absolute atomic E-state index is 0.0553. The Balaban J connectivity index is 2.03. The van der Waals surface area contributed by atoms with Crippen molar-refractivity contribution in [2.45, 2.75) is 6.54 Å². The summed E-state index contributed by atoms with van der Waals surface area (Å²) in [4.78, 5) is 10.4. The van der Waals surface area contributed by atoms with Crippen molar-refractivity contribution in [1.82, 2.24) is 4.57 Å². The van der Waals surface area contributed by atoms with Gasteiger partial charge in [-0.15, -0.1) is 0 Å². The molecule has 6 nitrogen and oxygen atoms in total. The molecule has 0 aliphatic rings. The maximum atomic E-state index is 10.8. The lowest BCUT2D eigenvalue weighted by Crippen LogP contribution is -2.09. The SMILES string of the molecule is N#C/C(=C/c1cn(Cc2ccc([N+](=O)[O-])cc2)c2ccccc12)C(N)=S. The van der Waals surface area contributed by atoms with Gasteiger partial charge in [0.15, 0.2) is 0 Å². The Kier molecular flexibility index (Phi) is 4.78. The van der Waals surface area contributed by atoms with E-state index in [9.17, 15) is 15.4 Å². The Labute approximate surface area is 154 Å². The molecule has 1 aromatic heterocycles. The lowest BCUT2D eigenvalue weighted by molar-refractivity contribution is -0.384. The minimum Gasteiger partial charge on any atom is -0.389 e. The van der Waals surface area contributed by atoms with Crippen LogP contribution < -0.4 is 5.73 Å². The zero-order chi connectivity index (χ0) is 18.7. The number of fused-ring (bicyclic) bond motifs is 1. The Hall–Kier alpha value is -3.50. The third-order valence-corrected chi connectivity index (χ3v) is 4.23. The number of hydrogen-bond acceptors (Lipinski definition) is 4. The number of aromatic nitrogens is 1. The molecular weight excluding hydrogens is 348 g/mol. The molecule has 2 aromatic carbocycles. The van der Waals surface area contributed by atoms with Gasteiger partial charge in [0.2, 0.25) is 0 Å². The maximum absolute atomic E-state index is 10.8. The fourth-order valence-corrected chi connectivity index (χ4v) is 2.86. The van der Waals surface area contributed by atoms with E-state index >= 15 is 0 Å². The number of para-hydroxylation sites is 1. The zero-order valence-corrected chi connectivity index (χ0v) is 14.4. The van der Waals surface area contributed by atoms with Gasteiger partial charge in [-0.05, 0) is 17.7 Å². The highest BCUT2D eigenvalue weighted by molar-refractivity contribution is 7.80. The van der Waals surface area contributed by atoms with Crippen LogP contribution in [0.5, 0.6) is 0 Å². The molecule has 1 heterocycles. The van der Waals surface area contributed by atoms with Gasteiger partial charge in [0.05, 0.1) is 10.5 Å². The number of hydrogen-bond donors (Lipinski definition) is 1. The van der Waals surface area contributed by atoms with Gasteiger partial charge in [0.25, 0.3) is 5.69 Å². The monoisotopic (exact) mass is 362 g/mol. The summed E-state index contributed by atoms with van der Waals surface area (Å²) in [5.41, 5.74) is 8.65. The van der Waals surface area contributed by atoms with Gasteiger partial charge >= 0.3 is 0 Å². The lowest BCUT2D eigenvalue weighted by atomic mass is 10.1. The molecule has 128 valence electrons. The molecule has 0 fully saturated rings. The molecule has 7 heteroatoms. The summed E-state index contributed by atoms with van der Waals surface area (Å²) in [6.45, 7) is 0.543. The lowest BCUT2D eigenvalue weighted by Gasteiger charge is -2.05. The summed E-state index contributed by atoms with van der Waals surface area (Å²) in [7, 11) is 0. The topological polar surface area (TPSA) is 97.9 Å². The van der Waals surface area contributed by atoms with Crippen LogP contribution in [0.1, 0.15) is 11.1 Å². The Morgan fingerprint density at radius 3 is 2.58 bits per heavy atom. The molecule has 0 aliphatic heterocycles. The van der Waals surface area contributed by atoms with Crippen molar-refractivity contribution in [2.24, 2.45) is 5.73 Å². The van der Waals surface area contributed by atoms with E-state index in [4.69, 9.17) is 18.0 Å².